The average molecular weight is 327 g/mol. The van der Waals surface area contributed by atoms with Crippen LogP contribution in [0.4, 0.5) is 0 Å². The van der Waals surface area contributed by atoms with E-state index in [1.54, 1.807) is 30.3 Å². The molecule has 0 fully saturated rings. The fourth-order valence-corrected chi connectivity index (χ4v) is 2.69. The number of hydrogen-bond donors (Lipinski definition) is 0. The second-order valence-corrected chi connectivity index (χ2v) is 5.52. The van der Waals surface area contributed by atoms with Crippen molar-refractivity contribution in [2.75, 3.05) is 6.61 Å². The predicted molar refractivity (Wildman–Crippen MR) is 97.6 cm³/mol. The van der Waals surface area contributed by atoms with Crippen LogP contribution in [0.3, 0.4) is 0 Å². The molecule has 3 aromatic rings. The van der Waals surface area contributed by atoms with Gasteiger partial charge in [-0.15, -0.1) is 0 Å². The van der Waals surface area contributed by atoms with Gasteiger partial charge < -0.3 is 4.74 Å². The maximum absolute atomic E-state index is 12.9. The van der Waals surface area contributed by atoms with E-state index in [0.29, 0.717) is 29.0 Å². The molecule has 25 heavy (non-hydrogen) atoms. The number of ether oxygens (including phenoxy) is 1. The first-order chi connectivity index (χ1) is 12.2. The van der Waals surface area contributed by atoms with Crippen LogP contribution in [0.5, 0.6) is 5.75 Å². The third-order valence-electron chi connectivity index (χ3n) is 3.91. The van der Waals surface area contributed by atoms with Gasteiger partial charge in [0.05, 0.1) is 18.2 Å². The monoisotopic (exact) mass is 327 g/mol. The zero-order valence-electron chi connectivity index (χ0n) is 13.9. The second kappa shape index (κ2) is 7.46. The Kier molecular flexibility index (Phi) is 4.92. The number of hydrogen-bond acceptors (Lipinski definition) is 3. The molecule has 0 saturated heterocycles. The van der Waals surface area contributed by atoms with Gasteiger partial charge in [-0.3, -0.25) is 4.79 Å². The van der Waals surface area contributed by atoms with Crippen LogP contribution < -0.4 is 4.74 Å². The summed E-state index contributed by atoms with van der Waals surface area (Å²) in [6, 6.07) is 24.0. The first kappa shape index (κ1) is 16.5. The van der Waals surface area contributed by atoms with E-state index in [9.17, 15) is 4.79 Å². The van der Waals surface area contributed by atoms with Crippen LogP contribution in [0.15, 0.2) is 72.8 Å². The van der Waals surface area contributed by atoms with Crippen LogP contribution in [-0.4, -0.2) is 12.4 Å². The lowest BCUT2D eigenvalue weighted by atomic mass is 9.93. The van der Waals surface area contributed by atoms with Gasteiger partial charge in [0.15, 0.2) is 5.78 Å². The number of nitrogens with zero attached hydrogens (tertiary/aromatic N) is 1. The topological polar surface area (TPSA) is 50.1 Å². The summed E-state index contributed by atoms with van der Waals surface area (Å²) in [5.41, 5.74) is 3.51. The van der Waals surface area contributed by atoms with Crippen LogP contribution in [0.2, 0.25) is 0 Å². The molecule has 0 aliphatic rings. The zero-order valence-corrected chi connectivity index (χ0v) is 13.9. The molecule has 0 unspecified atom stereocenters. The van der Waals surface area contributed by atoms with E-state index in [1.165, 1.54) is 0 Å². The zero-order chi connectivity index (χ0) is 17.6. The summed E-state index contributed by atoms with van der Waals surface area (Å²) in [7, 11) is 0. The van der Waals surface area contributed by atoms with E-state index in [2.05, 4.69) is 6.07 Å². The Morgan fingerprint density at radius 2 is 1.72 bits per heavy atom. The molecule has 0 bridgehead atoms. The predicted octanol–water partition coefficient (Wildman–Crippen LogP) is 4.85. The first-order valence-corrected chi connectivity index (χ1v) is 8.10. The van der Waals surface area contributed by atoms with Gasteiger partial charge in [-0.1, -0.05) is 42.5 Å². The molecule has 0 amide bonds. The van der Waals surface area contributed by atoms with Gasteiger partial charge in [-0.25, -0.2) is 0 Å². The van der Waals surface area contributed by atoms with Crippen molar-refractivity contribution in [1.29, 1.82) is 5.26 Å². The van der Waals surface area contributed by atoms with Gasteiger partial charge in [-0.05, 0) is 48.4 Å². The Morgan fingerprint density at radius 1 is 1.00 bits per heavy atom. The lowest BCUT2D eigenvalue weighted by molar-refractivity contribution is 0.103. The van der Waals surface area contributed by atoms with Gasteiger partial charge in [0.1, 0.15) is 5.75 Å². The van der Waals surface area contributed by atoms with Gasteiger partial charge >= 0.3 is 0 Å². The van der Waals surface area contributed by atoms with Crippen LogP contribution >= 0.6 is 0 Å². The third-order valence-corrected chi connectivity index (χ3v) is 3.91. The smallest absolute Gasteiger partial charge is 0.193 e. The van der Waals surface area contributed by atoms with Crippen LogP contribution in [0.25, 0.3) is 11.1 Å². The Bertz CT molecular complexity index is 922. The van der Waals surface area contributed by atoms with Gasteiger partial charge in [0, 0.05) is 11.1 Å². The minimum absolute atomic E-state index is 0.0389. The van der Waals surface area contributed by atoms with Crippen LogP contribution in [-0.2, 0) is 0 Å². The maximum Gasteiger partial charge on any atom is 0.193 e. The van der Waals surface area contributed by atoms with Crippen molar-refractivity contribution < 1.29 is 9.53 Å². The molecule has 0 aromatic heterocycles. The Morgan fingerprint density at radius 3 is 2.36 bits per heavy atom. The summed E-state index contributed by atoms with van der Waals surface area (Å²) in [6.07, 6.45) is 0. The summed E-state index contributed by atoms with van der Waals surface area (Å²) in [6.45, 7) is 2.48. The molecule has 122 valence electrons. The van der Waals surface area contributed by atoms with E-state index in [1.807, 2.05) is 49.4 Å². The lowest BCUT2D eigenvalue weighted by Gasteiger charge is -2.12. The lowest BCUT2D eigenvalue weighted by Crippen LogP contribution is -2.04. The molecular weight excluding hydrogens is 310 g/mol. The molecule has 3 aromatic carbocycles. The molecule has 3 rings (SSSR count). The highest BCUT2D eigenvalue weighted by Gasteiger charge is 2.16. The van der Waals surface area contributed by atoms with E-state index >= 15 is 0 Å². The Labute approximate surface area is 147 Å². The van der Waals surface area contributed by atoms with Crippen molar-refractivity contribution in [3.8, 4) is 22.9 Å². The molecule has 3 nitrogen and oxygen atoms in total. The van der Waals surface area contributed by atoms with Gasteiger partial charge in [0.2, 0.25) is 0 Å². The number of nitriles is 1. The van der Waals surface area contributed by atoms with Crippen molar-refractivity contribution in [3.05, 3.63) is 89.5 Å². The normalized spacial score (nSPS) is 10.1. The fourth-order valence-electron chi connectivity index (χ4n) is 2.69. The highest BCUT2D eigenvalue weighted by atomic mass is 16.5. The molecule has 0 saturated carbocycles. The summed E-state index contributed by atoms with van der Waals surface area (Å²) in [5, 5.41) is 8.98. The quantitative estimate of drug-likeness (QED) is 0.629. The van der Waals surface area contributed by atoms with Crippen LogP contribution in [0.1, 0.15) is 28.4 Å². The molecule has 0 N–H and O–H groups in total. The van der Waals surface area contributed by atoms with Crippen LogP contribution in [0, 0.1) is 11.3 Å². The molecule has 0 aliphatic carbocycles. The summed E-state index contributed by atoms with van der Waals surface area (Å²) >= 11 is 0. The second-order valence-electron chi connectivity index (χ2n) is 5.52. The number of benzene rings is 3. The first-order valence-electron chi connectivity index (χ1n) is 8.10. The van der Waals surface area contributed by atoms with Crippen molar-refractivity contribution >= 4 is 5.78 Å². The number of carbonyl (C=O) groups is 1. The molecule has 0 radical (unpaired) electrons. The van der Waals surface area contributed by atoms with Crippen molar-refractivity contribution in [2.45, 2.75) is 6.92 Å². The fraction of sp³-hybridized carbons (Fsp3) is 0.0909. The largest absolute Gasteiger partial charge is 0.494 e. The van der Waals surface area contributed by atoms with E-state index in [4.69, 9.17) is 10.00 Å². The molecule has 0 aliphatic heterocycles. The average Bonchev–Trinajstić information content (AvgIpc) is 2.68. The van der Waals surface area contributed by atoms with E-state index in [0.717, 1.165) is 11.1 Å². The van der Waals surface area contributed by atoms with E-state index < -0.39 is 0 Å². The number of rotatable bonds is 5. The van der Waals surface area contributed by atoms with E-state index in [-0.39, 0.29) is 5.78 Å². The Hall–Kier alpha value is -3.38. The van der Waals surface area contributed by atoms with Crippen molar-refractivity contribution in [1.82, 2.24) is 0 Å². The van der Waals surface area contributed by atoms with Gasteiger partial charge in [-0.2, -0.15) is 5.26 Å². The maximum atomic E-state index is 12.9. The third kappa shape index (κ3) is 3.59. The molecular formula is C22H17NO2. The Balaban J connectivity index is 2.11. The standard InChI is InChI=1S/C22H17NO2/c1-2-25-19-12-13-20(22(24)18-6-4-3-5-7-18)21(14-19)17-10-8-16(15-23)9-11-17/h3-14H,2H2,1H3. The highest BCUT2D eigenvalue weighted by molar-refractivity contribution is 6.13. The highest BCUT2D eigenvalue weighted by Crippen LogP contribution is 2.30. The van der Waals surface area contributed by atoms with Crippen molar-refractivity contribution in [3.63, 3.8) is 0 Å². The number of carbonyl (C=O) groups excluding carboxylic acids is 1. The molecule has 0 heterocycles. The minimum Gasteiger partial charge on any atom is -0.494 e. The summed E-state index contributed by atoms with van der Waals surface area (Å²) in [4.78, 5) is 12.9. The minimum atomic E-state index is -0.0389. The number of ketones is 1. The molecule has 0 spiro atoms. The van der Waals surface area contributed by atoms with Crippen molar-refractivity contribution in [2.24, 2.45) is 0 Å². The molecule has 3 heteroatoms. The summed E-state index contributed by atoms with van der Waals surface area (Å²) < 4.78 is 5.59. The van der Waals surface area contributed by atoms with Gasteiger partial charge in [0.25, 0.3) is 0 Å². The SMILES string of the molecule is CCOc1ccc(C(=O)c2ccccc2)c(-c2ccc(C#N)cc2)c1. The molecule has 0 atom stereocenters. The summed E-state index contributed by atoms with van der Waals surface area (Å²) in [5.74, 6) is 0.675.